The fourth-order valence-electron chi connectivity index (χ4n) is 3.41. The molecule has 0 fully saturated rings. The molecule has 0 spiro atoms. The summed E-state index contributed by atoms with van der Waals surface area (Å²) in [6, 6.07) is 27.2. The summed E-state index contributed by atoms with van der Waals surface area (Å²) in [6.45, 7) is 4.03. The molecular formula is C26H25N3O2. The van der Waals surface area contributed by atoms with E-state index in [1.807, 2.05) is 85.3 Å². The Morgan fingerprint density at radius 3 is 2.23 bits per heavy atom. The monoisotopic (exact) mass is 411 g/mol. The van der Waals surface area contributed by atoms with Crippen LogP contribution in [0.5, 0.6) is 11.5 Å². The van der Waals surface area contributed by atoms with E-state index in [1.54, 1.807) is 0 Å². The zero-order valence-corrected chi connectivity index (χ0v) is 17.7. The quantitative estimate of drug-likeness (QED) is 0.415. The first-order valence-electron chi connectivity index (χ1n) is 10.3. The average Bonchev–Trinajstić information content (AvgIpc) is 3.12. The molecule has 0 radical (unpaired) electrons. The molecule has 0 saturated carbocycles. The highest BCUT2D eigenvalue weighted by Gasteiger charge is 2.06. The number of carbonyl (C=O) groups is 1. The molecule has 1 N–H and O–H groups in total. The van der Waals surface area contributed by atoms with Gasteiger partial charge in [0.25, 0.3) is 0 Å². The van der Waals surface area contributed by atoms with E-state index in [0.717, 1.165) is 39.8 Å². The Morgan fingerprint density at radius 2 is 1.58 bits per heavy atom. The summed E-state index contributed by atoms with van der Waals surface area (Å²) >= 11 is 0. The SMILES string of the molecule is Cc1cc(C)n(-c2ccc(CCC(=O)Nc3ccc(Oc4ccccc4)cc3)cc2)n1. The van der Waals surface area contributed by atoms with Crippen LogP contribution in [0.25, 0.3) is 5.69 Å². The number of amides is 1. The zero-order valence-electron chi connectivity index (χ0n) is 17.7. The van der Waals surface area contributed by atoms with Crippen molar-refractivity contribution in [1.82, 2.24) is 9.78 Å². The van der Waals surface area contributed by atoms with Gasteiger partial charge in [0.2, 0.25) is 5.91 Å². The summed E-state index contributed by atoms with van der Waals surface area (Å²) in [5, 5.41) is 7.45. The number of aromatic nitrogens is 2. The number of hydrogen-bond acceptors (Lipinski definition) is 3. The number of hydrogen-bond donors (Lipinski definition) is 1. The predicted octanol–water partition coefficient (Wildman–Crippen LogP) is 5.85. The van der Waals surface area contributed by atoms with E-state index in [4.69, 9.17) is 4.74 Å². The molecule has 0 bridgehead atoms. The fourth-order valence-corrected chi connectivity index (χ4v) is 3.41. The topological polar surface area (TPSA) is 56.2 Å². The molecule has 0 aliphatic rings. The fraction of sp³-hybridized carbons (Fsp3) is 0.154. The molecule has 1 amide bonds. The second kappa shape index (κ2) is 9.30. The summed E-state index contributed by atoms with van der Waals surface area (Å²) in [7, 11) is 0. The minimum absolute atomic E-state index is 0.0145. The van der Waals surface area contributed by atoms with Crippen LogP contribution in [0.2, 0.25) is 0 Å². The first-order valence-corrected chi connectivity index (χ1v) is 10.3. The number of nitrogens with one attached hydrogen (secondary N) is 1. The number of benzene rings is 3. The van der Waals surface area contributed by atoms with E-state index in [-0.39, 0.29) is 5.91 Å². The normalized spacial score (nSPS) is 10.6. The van der Waals surface area contributed by atoms with Gasteiger partial charge >= 0.3 is 0 Å². The molecule has 0 unspecified atom stereocenters. The average molecular weight is 412 g/mol. The van der Waals surface area contributed by atoms with Crippen LogP contribution in [0.3, 0.4) is 0 Å². The van der Waals surface area contributed by atoms with Crippen LogP contribution < -0.4 is 10.1 Å². The van der Waals surface area contributed by atoms with Crippen molar-refractivity contribution in [2.45, 2.75) is 26.7 Å². The Bertz CT molecular complexity index is 1150. The molecule has 1 aromatic heterocycles. The molecular weight excluding hydrogens is 386 g/mol. The summed E-state index contributed by atoms with van der Waals surface area (Å²) in [4.78, 5) is 12.3. The van der Waals surface area contributed by atoms with Gasteiger partial charge in [0, 0.05) is 17.8 Å². The lowest BCUT2D eigenvalue weighted by Gasteiger charge is -2.09. The third-order valence-corrected chi connectivity index (χ3v) is 4.95. The molecule has 4 aromatic rings. The van der Waals surface area contributed by atoms with E-state index in [9.17, 15) is 4.79 Å². The van der Waals surface area contributed by atoms with E-state index in [2.05, 4.69) is 28.6 Å². The van der Waals surface area contributed by atoms with Gasteiger partial charge in [-0.15, -0.1) is 0 Å². The van der Waals surface area contributed by atoms with E-state index >= 15 is 0 Å². The second-order valence-corrected chi connectivity index (χ2v) is 7.49. The van der Waals surface area contributed by atoms with Gasteiger partial charge in [-0.2, -0.15) is 5.10 Å². The molecule has 1 heterocycles. The molecule has 0 aliphatic heterocycles. The van der Waals surface area contributed by atoms with Crippen LogP contribution in [0.15, 0.2) is 84.9 Å². The third kappa shape index (κ3) is 5.39. The van der Waals surface area contributed by atoms with Crippen LogP contribution >= 0.6 is 0 Å². The molecule has 0 atom stereocenters. The lowest BCUT2D eigenvalue weighted by atomic mass is 10.1. The van der Waals surface area contributed by atoms with Gasteiger partial charge in [0.05, 0.1) is 11.4 Å². The largest absolute Gasteiger partial charge is 0.457 e. The van der Waals surface area contributed by atoms with Crippen molar-refractivity contribution in [3.63, 3.8) is 0 Å². The highest BCUT2D eigenvalue weighted by Crippen LogP contribution is 2.22. The minimum Gasteiger partial charge on any atom is -0.457 e. The van der Waals surface area contributed by atoms with Crippen molar-refractivity contribution in [1.29, 1.82) is 0 Å². The van der Waals surface area contributed by atoms with Crippen molar-refractivity contribution in [2.75, 3.05) is 5.32 Å². The molecule has 5 heteroatoms. The number of rotatable bonds is 7. The lowest BCUT2D eigenvalue weighted by Crippen LogP contribution is -2.12. The third-order valence-electron chi connectivity index (χ3n) is 4.95. The Morgan fingerprint density at radius 1 is 0.903 bits per heavy atom. The molecule has 3 aromatic carbocycles. The van der Waals surface area contributed by atoms with Gasteiger partial charge in [0.1, 0.15) is 11.5 Å². The van der Waals surface area contributed by atoms with Crippen LogP contribution in [0, 0.1) is 13.8 Å². The predicted molar refractivity (Wildman–Crippen MR) is 123 cm³/mol. The smallest absolute Gasteiger partial charge is 0.224 e. The van der Waals surface area contributed by atoms with E-state index in [1.165, 1.54) is 0 Å². The Kier molecular flexibility index (Phi) is 6.13. The van der Waals surface area contributed by atoms with Gasteiger partial charge in [0.15, 0.2) is 0 Å². The zero-order chi connectivity index (χ0) is 21.6. The summed E-state index contributed by atoms with van der Waals surface area (Å²) < 4.78 is 7.70. The van der Waals surface area contributed by atoms with Crippen molar-refractivity contribution >= 4 is 11.6 Å². The Balaban J connectivity index is 1.28. The summed E-state index contributed by atoms with van der Waals surface area (Å²) in [5.41, 5.74) is 5.00. The van der Waals surface area contributed by atoms with Crippen molar-refractivity contribution in [2.24, 2.45) is 0 Å². The molecule has 31 heavy (non-hydrogen) atoms. The molecule has 0 aliphatic carbocycles. The second-order valence-electron chi connectivity index (χ2n) is 7.49. The highest BCUT2D eigenvalue weighted by molar-refractivity contribution is 5.90. The number of para-hydroxylation sites is 1. The van der Waals surface area contributed by atoms with Crippen LogP contribution in [-0.2, 0) is 11.2 Å². The van der Waals surface area contributed by atoms with Gasteiger partial charge in [-0.3, -0.25) is 4.79 Å². The standard InChI is InChI=1S/C26H25N3O2/c1-19-18-20(2)29(28-19)23-13-8-21(9-14-23)10-17-26(30)27-22-11-15-25(16-12-22)31-24-6-4-3-5-7-24/h3-9,11-16,18H,10,17H2,1-2H3,(H,27,30). The number of anilines is 1. The number of aryl methyl sites for hydroxylation is 3. The Labute approximate surface area is 182 Å². The number of ether oxygens (including phenoxy) is 1. The van der Waals surface area contributed by atoms with E-state index < -0.39 is 0 Å². The minimum atomic E-state index is -0.0145. The van der Waals surface area contributed by atoms with Crippen LogP contribution in [0.1, 0.15) is 23.4 Å². The maximum Gasteiger partial charge on any atom is 0.224 e. The van der Waals surface area contributed by atoms with Crippen molar-refractivity contribution in [3.8, 4) is 17.2 Å². The molecule has 5 nitrogen and oxygen atoms in total. The Hall–Kier alpha value is -3.86. The maximum absolute atomic E-state index is 12.3. The van der Waals surface area contributed by atoms with E-state index in [0.29, 0.717) is 12.8 Å². The van der Waals surface area contributed by atoms with Crippen LogP contribution in [0.4, 0.5) is 5.69 Å². The van der Waals surface area contributed by atoms with Gasteiger partial charge in [-0.25, -0.2) is 4.68 Å². The van der Waals surface area contributed by atoms with Crippen molar-refractivity contribution < 1.29 is 9.53 Å². The van der Waals surface area contributed by atoms with Crippen LogP contribution in [-0.4, -0.2) is 15.7 Å². The number of nitrogens with zero attached hydrogens (tertiary/aromatic N) is 2. The highest BCUT2D eigenvalue weighted by atomic mass is 16.5. The summed E-state index contributed by atoms with van der Waals surface area (Å²) in [6.07, 6.45) is 1.10. The molecule has 156 valence electrons. The van der Waals surface area contributed by atoms with Crippen molar-refractivity contribution in [3.05, 3.63) is 102 Å². The van der Waals surface area contributed by atoms with Gasteiger partial charge in [-0.1, -0.05) is 30.3 Å². The number of carbonyl (C=O) groups excluding carboxylic acids is 1. The molecule has 4 rings (SSSR count). The maximum atomic E-state index is 12.3. The summed E-state index contributed by atoms with van der Waals surface area (Å²) in [5.74, 6) is 1.49. The molecule has 0 saturated heterocycles. The first-order chi connectivity index (χ1) is 15.1. The van der Waals surface area contributed by atoms with Gasteiger partial charge < -0.3 is 10.1 Å². The van der Waals surface area contributed by atoms with Gasteiger partial charge in [-0.05, 0) is 80.4 Å². The first kappa shape index (κ1) is 20.4. The lowest BCUT2D eigenvalue weighted by molar-refractivity contribution is -0.116.